The van der Waals surface area contributed by atoms with Crippen LogP contribution in [0.2, 0.25) is 10.0 Å². The Kier molecular flexibility index (Phi) is 6.71. The van der Waals surface area contributed by atoms with E-state index < -0.39 is 18.6 Å². The molecule has 1 unspecified atom stereocenters. The van der Waals surface area contributed by atoms with Crippen molar-refractivity contribution >= 4 is 34.7 Å². The lowest BCUT2D eigenvalue weighted by molar-refractivity contribution is -0.148. The number of carbonyl (C=O) groups excluding carboxylic acids is 1. The molecule has 0 amide bonds. The van der Waals surface area contributed by atoms with Crippen molar-refractivity contribution in [3.63, 3.8) is 0 Å². The molecular formula is C20H18Cl2F3NO. The molecule has 0 bridgehead atoms. The molecule has 2 nitrogen and oxygen atoms in total. The number of halogens is 5. The van der Waals surface area contributed by atoms with Gasteiger partial charge in [-0.3, -0.25) is 9.79 Å². The van der Waals surface area contributed by atoms with Crippen molar-refractivity contribution in [2.75, 3.05) is 6.54 Å². The van der Waals surface area contributed by atoms with Gasteiger partial charge in [0.05, 0.1) is 12.5 Å². The molecule has 27 heavy (non-hydrogen) atoms. The van der Waals surface area contributed by atoms with Crippen LogP contribution in [0.1, 0.15) is 46.8 Å². The van der Waals surface area contributed by atoms with Crippen LogP contribution in [0.3, 0.4) is 0 Å². The molecule has 0 aromatic heterocycles. The zero-order chi connectivity index (χ0) is 20.4. The number of aliphatic imine (C=N–C) groups is 1. The molecule has 0 fully saturated rings. The Morgan fingerprint density at radius 3 is 2.15 bits per heavy atom. The molecule has 2 rings (SSSR count). The number of benzene rings is 2. The summed E-state index contributed by atoms with van der Waals surface area (Å²) in [6.07, 6.45) is -4.49. The number of nitrogens with zero attached hydrogens (tertiary/aromatic N) is 1. The van der Waals surface area contributed by atoms with E-state index in [-0.39, 0.29) is 21.4 Å². The number of aryl methyl sites for hydroxylation is 1. The van der Waals surface area contributed by atoms with Crippen LogP contribution in [0.5, 0.6) is 0 Å². The SMILES string of the molecule is CC(=O)c1ccc(C(C)=NCC(c2cc(Cl)cc(Cl)c2)C(F)(F)F)cc1C. The highest BCUT2D eigenvalue weighted by Gasteiger charge is 2.40. The summed E-state index contributed by atoms with van der Waals surface area (Å²) in [7, 11) is 0. The van der Waals surface area contributed by atoms with Crippen LogP contribution in [0, 0.1) is 6.92 Å². The van der Waals surface area contributed by atoms with Gasteiger partial charge in [-0.15, -0.1) is 0 Å². The normalized spacial score (nSPS) is 13.6. The fourth-order valence-electron chi connectivity index (χ4n) is 2.78. The average molecular weight is 416 g/mol. The summed E-state index contributed by atoms with van der Waals surface area (Å²) in [5.41, 5.74) is 2.43. The number of carbonyl (C=O) groups is 1. The molecule has 0 saturated carbocycles. The minimum Gasteiger partial charge on any atom is -0.295 e. The molecule has 144 valence electrons. The van der Waals surface area contributed by atoms with E-state index in [1.54, 1.807) is 32.0 Å². The fraction of sp³-hybridized carbons (Fsp3) is 0.300. The molecule has 2 aromatic rings. The summed E-state index contributed by atoms with van der Waals surface area (Å²) in [6.45, 7) is 4.40. The second-order valence-corrected chi connectivity index (χ2v) is 7.18. The maximum Gasteiger partial charge on any atom is 0.397 e. The standard InChI is InChI=1S/C20H18Cl2F3NO/c1-11-6-14(4-5-18(11)13(3)27)12(2)26-10-19(20(23,24)25)15-7-16(21)9-17(22)8-15/h4-9,19H,10H2,1-3H3. The van der Waals surface area contributed by atoms with E-state index in [4.69, 9.17) is 23.2 Å². The van der Waals surface area contributed by atoms with E-state index in [0.29, 0.717) is 16.8 Å². The van der Waals surface area contributed by atoms with Gasteiger partial charge >= 0.3 is 6.18 Å². The van der Waals surface area contributed by atoms with Gasteiger partial charge < -0.3 is 0 Å². The first-order valence-electron chi connectivity index (χ1n) is 8.14. The van der Waals surface area contributed by atoms with Crippen LogP contribution in [-0.4, -0.2) is 24.2 Å². The molecule has 0 radical (unpaired) electrons. The molecular weight excluding hydrogens is 398 g/mol. The topological polar surface area (TPSA) is 29.4 Å². The maximum atomic E-state index is 13.5. The summed E-state index contributed by atoms with van der Waals surface area (Å²) in [6, 6.07) is 8.97. The van der Waals surface area contributed by atoms with Crippen LogP contribution >= 0.6 is 23.2 Å². The smallest absolute Gasteiger partial charge is 0.295 e. The highest BCUT2D eigenvalue weighted by molar-refractivity contribution is 6.34. The van der Waals surface area contributed by atoms with Crippen molar-refractivity contribution in [3.8, 4) is 0 Å². The zero-order valence-electron chi connectivity index (χ0n) is 15.0. The average Bonchev–Trinajstić information content (AvgIpc) is 2.52. The zero-order valence-corrected chi connectivity index (χ0v) is 16.5. The molecule has 0 saturated heterocycles. The third-order valence-electron chi connectivity index (χ3n) is 4.22. The van der Waals surface area contributed by atoms with Gasteiger partial charge in [-0.05, 0) is 61.7 Å². The Balaban J connectivity index is 2.33. The summed E-state index contributed by atoms with van der Waals surface area (Å²) >= 11 is 11.7. The Hall–Kier alpha value is -1.85. The predicted molar refractivity (Wildman–Crippen MR) is 104 cm³/mol. The third-order valence-corrected chi connectivity index (χ3v) is 4.65. The van der Waals surface area contributed by atoms with Gasteiger partial charge in [0.25, 0.3) is 0 Å². The second-order valence-electron chi connectivity index (χ2n) is 6.31. The Bertz CT molecular complexity index is 871. The van der Waals surface area contributed by atoms with Crippen LogP contribution in [-0.2, 0) is 0 Å². The van der Waals surface area contributed by atoms with Gasteiger partial charge in [0.2, 0.25) is 0 Å². The van der Waals surface area contributed by atoms with Gasteiger partial charge in [0.15, 0.2) is 5.78 Å². The minimum atomic E-state index is -4.49. The second kappa shape index (κ2) is 8.44. The van der Waals surface area contributed by atoms with E-state index in [1.807, 2.05) is 0 Å². The Morgan fingerprint density at radius 1 is 1.07 bits per heavy atom. The van der Waals surface area contributed by atoms with Crippen molar-refractivity contribution in [3.05, 3.63) is 68.7 Å². The summed E-state index contributed by atoms with van der Waals surface area (Å²) in [5.74, 6) is -1.88. The number of Topliss-reactive ketones (excluding diaryl/α,β-unsaturated/α-hetero) is 1. The van der Waals surface area contributed by atoms with Crippen LogP contribution < -0.4 is 0 Å². The predicted octanol–water partition coefficient (Wildman–Crippen LogP) is 6.66. The summed E-state index contributed by atoms with van der Waals surface area (Å²) < 4.78 is 40.6. The van der Waals surface area contributed by atoms with Gasteiger partial charge in [0, 0.05) is 21.3 Å². The van der Waals surface area contributed by atoms with Gasteiger partial charge in [-0.2, -0.15) is 13.2 Å². The van der Waals surface area contributed by atoms with E-state index in [9.17, 15) is 18.0 Å². The first kappa shape index (κ1) is 21.5. The van der Waals surface area contributed by atoms with E-state index in [1.165, 1.54) is 25.1 Å². The lowest BCUT2D eigenvalue weighted by atomic mass is 9.98. The lowest BCUT2D eigenvalue weighted by Crippen LogP contribution is -2.24. The highest BCUT2D eigenvalue weighted by Crippen LogP contribution is 2.37. The van der Waals surface area contributed by atoms with Crippen molar-refractivity contribution in [2.24, 2.45) is 4.99 Å². The first-order chi connectivity index (χ1) is 12.5. The molecule has 0 aliphatic carbocycles. The van der Waals surface area contributed by atoms with Crippen molar-refractivity contribution in [1.29, 1.82) is 0 Å². The fourth-order valence-corrected chi connectivity index (χ4v) is 3.32. The van der Waals surface area contributed by atoms with Crippen LogP contribution in [0.25, 0.3) is 0 Å². The number of ketones is 1. The molecule has 0 spiro atoms. The van der Waals surface area contributed by atoms with Crippen LogP contribution in [0.4, 0.5) is 13.2 Å². The van der Waals surface area contributed by atoms with Crippen molar-refractivity contribution in [2.45, 2.75) is 32.9 Å². The van der Waals surface area contributed by atoms with Crippen molar-refractivity contribution in [1.82, 2.24) is 0 Å². The van der Waals surface area contributed by atoms with Gasteiger partial charge in [0.1, 0.15) is 0 Å². The largest absolute Gasteiger partial charge is 0.397 e. The molecule has 2 aromatic carbocycles. The molecule has 0 heterocycles. The maximum absolute atomic E-state index is 13.5. The molecule has 0 aliphatic rings. The van der Waals surface area contributed by atoms with E-state index in [2.05, 4.69) is 4.99 Å². The number of rotatable bonds is 5. The Morgan fingerprint density at radius 2 is 1.67 bits per heavy atom. The third kappa shape index (κ3) is 5.56. The monoisotopic (exact) mass is 415 g/mol. The quantitative estimate of drug-likeness (QED) is 0.396. The molecule has 7 heteroatoms. The van der Waals surface area contributed by atoms with Crippen molar-refractivity contribution < 1.29 is 18.0 Å². The Labute approximate surface area is 166 Å². The number of alkyl halides is 3. The lowest BCUT2D eigenvalue weighted by Gasteiger charge is -2.20. The molecule has 1 atom stereocenters. The highest BCUT2D eigenvalue weighted by atomic mass is 35.5. The van der Waals surface area contributed by atoms with Crippen LogP contribution in [0.15, 0.2) is 41.4 Å². The summed E-state index contributed by atoms with van der Waals surface area (Å²) in [5, 5.41) is 0.283. The molecule has 0 aliphatic heterocycles. The minimum absolute atomic E-state index is 0.0281. The van der Waals surface area contributed by atoms with E-state index >= 15 is 0 Å². The van der Waals surface area contributed by atoms with Gasteiger partial charge in [-0.1, -0.05) is 35.3 Å². The summed E-state index contributed by atoms with van der Waals surface area (Å²) in [4.78, 5) is 15.6. The number of hydrogen-bond donors (Lipinski definition) is 0. The number of hydrogen-bond acceptors (Lipinski definition) is 2. The van der Waals surface area contributed by atoms with Gasteiger partial charge in [-0.25, -0.2) is 0 Å². The molecule has 0 N–H and O–H groups in total. The first-order valence-corrected chi connectivity index (χ1v) is 8.90. The van der Waals surface area contributed by atoms with E-state index in [0.717, 1.165) is 5.56 Å².